The highest BCUT2D eigenvalue weighted by Crippen LogP contribution is 2.25. The lowest BCUT2D eigenvalue weighted by molar-refractivity contribution is 0.0951. The maximum Gasteiger partial charge on any atom is 0.294 e. The van der Waals surface area contributed by atoms with Crippen molar-refractivity contribution < 1.29 is 22.0 Å². The summed E-state index contributed by atoms with van der Waals surface area (Å²) in [6.07, 6.45) is 4.22. The van der Waals surface area contributed by atoms with Crippen LogP contribution < -0.4 is 4.90 Å². The molecule has 0 N–H and O–H groups in total. The van der Waals surface area contributed by atoms with Crippen LogP contribution in [0.3, 0.4) is 0 Å². The zero-order chi connectivity index (χ0) is 20.3. The Morgan fingerprint density at radius 2 is 1.72 bits per heavy atom. The molecule has 0 bridgehead atoms. The Hall–Kier alpha value is -2.84. The van der Waals surface area contributed by atoms with Gasteiger partial charge in [-0.05, 0) is 49.2 Å². The zero-order valence-corrected chi connectivity index (χ0v) is 16.7. The fraction of sp³-hybridized carbons (Fsp3) is 0.286. The summed E-state index contributed by atoms with van der Waals surface area (Å²) in [4.78, 5) is 14.7. The number of hydrogen-bond donors (Lipinski definition) is 0. The van der Waals surface area contributed by atoms with Gasteiger partial charge >= 0.3 is 0 Å². The summed E-state index contributed by atoms with van der Waals surface area (Å²) in [5, 5.41) is -0.200. The predicted molar refractivity (Wildman–Crippen MR) is 107 cm³/mol. The molecule has 0 saturated carbocycles. The van der Waals surface area contributed by atoms with Gasteiger partial charge in [-0.15, -0.1) is 0 Å². The lowest BCUT2D eigenvalue weighted by Gasteiger charge is -2.24. The van der Waals surface area contributed by atoms with Gasteiger partial charge in [-0.25, -0.2) is 8.42 Å². The monoisotopic (exact) mass is 414 g/mol. The van der Waals surface area contributed by atoms with E-state index in [-0.39, 0.29) is 17.4 Å². The van der Waals surface area contributed by atoms with Crippen molar-refractivity contribution in [3.8, 4) is 0 Å². The molecule has 1 amide bonds. The Morgan fingerprint density at radius 1 is 0.966 bits per heavy atom. The maximum absolute atomic E-state index is 13.2. The molecule has 152 valence electrons. The third-order valence-electron chi connectivity index (χ3n) is 4.91. The van der Waals surface area contributed by atoms with Crippen molar-refractivity contribution in [2.24, 2.45) is 0 Å². The molecular weight excluding hydrogens is 392 g/mol. The van der Waals surface area contributed by atoms with Gasteiger partial charge in [-0.1, -0.05) is 24.6 Å². The molecule has 1 aromatic carbocycles. The molecule has 0 unspecified atom stereocenters. The number of benzene rings is 1. The Balaban J connectivity index is 1.61. The van der Waals surface area contributed by atoms with E-state index in [1.165, 1.54) is 21.3 Å². The van der Waals surface area contributed by atoms with Crippen LogP contribution in [0.2, 0.25) is 0 Å². The summed E-state index contributed by atoms with van der Waals surface area (Å²) in [5.41, 5.74) is 0.658. The van der Waals surface area contributed by atoms with Crippen LogP contribution in [-0.2, 0) is 16.6 Å². The fourth-order valence-electron chi connectivity index (χ4n) is 3.39. The van der Waals surface area contributed by atoms with E-state index in [0.717, 1.165) is 19.3 Å². The van der Waals surface area contributed by atoms with Gasteiger partial charge in [0.2, 0.25) is 5.09 Å². The molecule has 7 nitrogen and oxygen atoms in total. The van der Waals surface area contributed by atoms with Gasteiger partial charge in [0.05, 0.1) is 12.8 Å². The molecule has 1 aliphatic heterocycles. The van der Waals surface area contributed by atoms with Gasteiger partial charge in [0.25, 0.3) is 15.9 Å². The minimum atomic E-state index is -3.74. The van der Waals surface area contributed by atoms with Crippen molar-refractivity contribution in [3.63, 3.8) is 0 Å². The normalized spacial score (nSPS) is 15.3. The minimum absolute atomic E-state index is 0.0315. The van der Waals surface area contributed by atoms with E-state index in [9.17, 15) is 13.2 Å². The smallest absolute Gasteiger partial charge is 0.294 e. The highest BCUT2D eigenvalue weighted by atomic mass is 32.2. The van der Waals surface area contributed by atoms with Crippen LogP contribution in [0.25, 0.3) is 0 Å². The standard InChI is InChI=1S/C21H22N2O5S/c24-21(23(16-18-10-7-15-27-18)17-8-3-1-4-9-17)19-11-12-20(28-19)29(25,26)22-13-5-2-6-14-22/h1,3-4,7-12,15H,2,5-6,13-14,16H2. The van der Waals surface area contributed by atoms with Crippen LogP contribution in [-0.4, -0.2) is 31.7 Å². The number of carbonyl (C=O) groups excluding carboxylic acids is 1. The minimum Gasteiger partial charge on any atom is -0.467 e. The average molecular weight is 414 g/mol. The zero-order valence-electron chi connectivity index (χ0n) is 15.9. The SMILES string of the molecule is O=C(c1ccc(S(=O)(=O)N2CCCCC2)o1)N(Cc1ccco1)c1ccccc1. The number of rotatable bonds is 6. The van der Waals surface area contributed by atoms with Gasteiger partial charge in [-0.2, -0.15) is 4.31 Å². The topological polar surface area (TPSA) is 84.0 Å². The van der Waals surface area contributed by atoms with Gasteiger partial charge in [0.1, 0.15) is 5.76 Å². The summed E-state index contributed by atoms with van der Waals surface area (Å²) in [5.74, 6) is 0.138. The number of hydrogen-bond acceptors (Lipinski definition) is 5. The Labute approximate surface area is 169 Å². The predicted octanol–water partition coefficient (Wildman–Crippen LogP) is 3.89. The van der Waals surface area contributed by atoms with Crippen molar-refractivity contribution in [2.45, 2.75) is 30.9 Å². The summed E-state index contributed by atoms with van der Waals surface area (Å²) in [7, 11) is -3.74. The molecule has 0 atom stereocenters. The molecule has 2 aromatic heterocycles. The van der Waals surface area contributed by atoms with Crippen molar-refractivity contribution in [1.29, 1.82) is 0 Å². The fourth-order valence-corrected chi connectivity index (χ4v) is 4.81. The van der Waals surface area contributed by atoms with E-state index in [1.807, 2.05) is 18.2 Å². The molecule has 0 radical (unpaired) electrons. The number of para-hydroxylation sites is 1. The van der Waals surface area contributed by atoms with Crippen LogP contribution >= 0.6 is 0 Å². The first-order valence-electron chi connectivity index (χ1n) is 9.55. The van der Waals surface area contributed by atoms with E-state index in [4.69, 9.17) is 8.83 Å². The number of furan rings is 2. The summed E-state index contributed by atoms with van der Waals surface area (Å²) >= 11 is 0. The number of nitrogens with zero attached hydrogens (tertiary/aromatic N) is 2. The Kier molecular flexibility index (Phi) is 5.55. The van der Waals surface area contributed by atoms with Gasteiger partial charge in [0.15, 0.2) is 5.76 Å². The molecule has 0 spiro atoms. The van der Waals surface area contributed by atoms with Crippen molar-refractivity contribution >= 4 is 21.6 Å². The molecule has 4 rings (SSSR count). The quantitative estimate of drug-likeness (QED) is 0.611. The molecule has 3 aromatic rings. The van der Waals surface area contributed by atoms with E-state index >= 15 is 0 Å². The van der Waals surface area contributed by atoms with Gasteiger partial charge in [-0.3, -0.25) is 9.69 Å². The summed E-state index contributed by atoms with van der Waals surface area (Å²) in [6, 6.07) is 15.4. The molecule has 1 saturated heterocycles. The number of anilines is 1. The third-order valence-corrected chi connectivity index (χ3v) is 6.68. The van der Waals surface area contributed by atoms with Crippen LogP contribution in [0, 0.1) is 0 Å². The lowest BCUT2D eigenvalue weighted by Crippen LogP contribution is -2.35. The van der Waals surface area contributed by atoms with E-state index < -0.39 is 15.9 Å². The van der Waals surface area contributed by atoms with Gasteiger partial charge in [0, 0.05) is 18.8 Å². The van der Waals surface area contributed by atoms with Crippen molar-refractivity contribution in [2.75, 3.05) is 18.0 Å². The Bertz CT molecular complexity index is 1050. The molecule has 0 aliphatic carbocycles. The molecule has 29 heavy (non-hydrogen) atoms. The molecule has 1 aliphatic rings. The van der Waals surface area contributed by atoms with Crippen LogP contribution in [0.5, 0.6) is 0 Å². The summed E-state index contributed by atoms with van der Waals surface area (Å²) < 4.78 is 38.0. The highest BCUT2D eigenvalue weighted by molar-refractivity contribution is 7.89. The molecule has 8 heteroatoms. The van der Waals surface area contributed by atoms with Crippen LogP contribution in [0.15, 0.2) is 74.8 Å². The second-order valence-corrected chi connectivity index (χ2v) is 8.76. The lowest BCUT2D eigenvalue weighted by atomic mass is 10.2. The molecular formula is C21H22N2O5S. The van der Waals surface area contributed by atoms with E-state index in [1.54, 1.807) is 30.5 Å². The first-order valence-corrected chi connectivity index (χ1v) is 11.0. The summed E-state index contributed by atoms with van der Waals surface area (Å²) in [6.45, 7) is 1.15. The number of piperidine rings is 1. The largest absolute Gasteiger partial charge is 0.467 e. The second-order valence-electron chi connectivity index (χ2n) is 6.89. The number of amides is 1. The first-order chi connectivity index (χ1) is 14.1. The van der Waals surface area contributed by atoms with E-state index in [0.29, 0.717) is 24.5 Å². The third kappa shape index (κ3) is 4.13. The second kappa shape index (κ2) is 8.26. The van der Waals surface area contributed by atoms with E-state index in [2.05, 4.69) is 0 Å². The average Bonchev–Trinajstić information content (AvgIpc) is 3.45. The molecule has 1 fully saturated rings. The highest BCUT2D eigenvalue weighted by Gasteiger charge is 2.31. The first kappa shape index (κ1) is 19.5. The van der Waals surface area contributed by atoms with Crippen molar-refractivity contribution in [3.05, 3.63) is 72.4 Å². The Morgan fingerprint density at radius 3 is 2.41 bits per heavy atom. The number of carbonyl (C=O) groups is 1. The van der Waals surface area contributed by atoms with Crippen molar-refractivity contribution in [1.82, 2.24) is 4.31 Å². The van der Waals surface area contributed by atoms with Gasteiger partial charge < -0.3 is 8.83 Å². The maximum atomic E-state index is 13.2. The van der Waals surface area contributed by atoms with Crippen LogP contribution in [0.1, 0.15) is 35.6 Å². The van der Waals surface area contributed by atoms with Crippen LogP contribution in [0.4, 0.5) is 5.69 Å². The number of sulfonamides is 1. The molecule has 3 heterocycles.